The van der Waals surface area contributed by atoms with E-state index in [9.17, 15) is 19.2 Å². The van der Waals surface area contributed by atoms with E-state index in [2.05, 4.69) is 12.2 Å². The van der Waals surface area contributed by atoms with Crippen molar-refractivity contribution in [2.45, 2.75) is 104 Å². The monoisotopic (exact) mass is 658 g/mol. The third-order valence-electron chi connectivity index (χ3n) is 7.27. The Hall–Kier alpha value is -2.54. The normalized spacial score (nSPS) is 11.3. The summed E-state index contributed by atoms with van der Waals surface area (Å²) in [5.41, 5.74) is 0. The first-order chi connectivity index (χ1) is 22.3. The number of nitrogens with zero attached hydrogens (tertiary/aromatic N) is 2. The van der Waals surface area contributed by atoms with Crippen molar-refractivity contribution >= 4 is 23.9 Å². The molecule has 0 heterocycles. The van der Waals surface area contributed by atoms with Crippen molar-refractivity contribution in [1.29, 1.82) is 0 Å². The molecule has 0 saturated heterocycles. The summed E-state index contributed by atoms with van der Waals surface area (Å²) < 4.78 is 20.4. The number of carbonyl (C=O) groups is 4. The van der Waals surface area contributed by atoms with E-state index in [1.165, 1.54) is 13.8 Å². The number of unbranched alkanes of at least 4 members (excludes halogenated alkanes) is 10. The van der Waals surface area contributed by atoms with Gasteiger partial charge in [0.15, 0.2) is 0 Å². The van der Waals surface area contributed by atoms with Crippen molar-refractivity contribution in [2.24, 2.45) is 0 Å². The number of aliphatic hydroxyl groups excluding tert-OH is 2. The minimum Gasteiger partial charge on any atom is -0.465 e. The third kappa shape index (κ3) is 31.4. The van der Waals surface area contributed by atoms with Gasteiger partial charge in [-0.2, -0.15) is 0 Å². The second-order valence-electron chi connectivity index (χ2n) is 11.3. The molecular formula is C34H62N2O10. The van der Waals surface area contributed by atoms with Gasteiger partial charge in [0.25, 0.3) is 0 Å². The van der Waals surface area contributed by atoms with Crippen LogP contribution in [-0.2, 0) is 38.1 Å². The minimum atomic E-state index is -0.338. The molecule has 0 atom stereocenters. The number of hydrogen-bond donors (Lipinski definition) is 2. The molecule has 0 aliphatic carbocycles. The van der Waals surface area contributed by atoms with Gasteiger partial charge in [0.2, 0.25) is 0 Å². The fourth-order valence-corrected chi connectivity index (χ4v) is 4.67. The highest BCUT2D eigenvalue weighted by Gasteiger charge is 2.09. The molecule has 0 aliphatic heterocycles. The van der Waals surface area contributed by atoms with E-state index < -0.39 is 0 Å². The first-order valence-electron chi connectivity index (χ1n) is 17.2. The topological polar surface area (TPSA) is 152 Å². The quantitative estimate of drug-likeness (QED) is 0.0468. The molecule has 0 aromatic rings. The second-order valence-corrected chi connectivity index (χ2v) is 11.3. The Morgan fingerprint density at radius 3 is 1.15 bits per heavy atom. The van der Waals surface area contributed by atoms with Crippen molar-refractivity contribution in [3.63, 3.8) is 0 Å². The van der Waals surface area contributed by atoms with Crippen LogP contribution in [0.5, 0.6) is 0 Å². The molecule has 0 radical (unpaired) electrons. The molecule has 0 spiro atoms. The number of ether oxygens (including phenoxy) is 4. The lowest BCUT2D eigenvalue weighted by Gasteiger charge is -2.20. The van der Waals surface area contributed by atoms with Crippen LogP contribution in [0.2, 0.25) is 0 Å². The van der Waals surface area contributed by atoms with Crippen LogP contribution >= 0.6 is 0 Å². The number of allylic oxidation sites excluding steroid dienone is 2. The molecule has 12 heteroatoms. The molecule has 12 nitrogen and oxygen atoms in total. The Labute approximate surface area is 276 Å². The van der Waals surface area contributed by atoms with Crippen molar-refractivity contribution in [2.75, 3.05) is 78.9 Å². The molecule has 268 valence electrons. The van der Waals surface area contributed by atoms with E-state index in [1.54, 1.807) is 0 Å². The van der Waals surface area contributed by atoms with E-state index >= 15 is 0 Å². The Morgan fingerprint density at radius 1 is 0.478 bits per heavy atom. The largest absolute Gasteiger partial charge is 0.465 e. The first kappa shape index (κ1) is 43.5. The molecule has 0 aliphatic rings. The summed E-state index contributed by atoms with van der Waals surface area (Å²) in [7, 11) is 0. The van der Waals surface area contributed by atoms with Gasteiger partial charge in [0.1, 0.15) is 26.4 Å². The Kier molecular flexibility index (Phi) is 30.6. The average Bonchev–Trinajstić information content (AvgIpc) is 3.00. The van der Waals surface area contributed by atoms with E-state index in [0.717, 1.165) is 77.0 Å². The smallest absolute Gasteiger partial charge is 0.305 e. The molecule has 0 unspecified atom stereocenters. The van der Waals surface area contributed by atoms with Crippen molar-refractivity contribution in [3.8, 4) is 0 Å². The third-order valence-corrected chi connectivity index (χ3v) is 7.27. The van der Waals surface area contributed by atoms with Gasteiger partial charge in [-0.25, -0.2) is 0 Å². The summed E-state index contributed by atoms with van der Waals surface area (Å²) in [6, 6.07) is 0. The molecule has 0 bridgehead atoms. The van der Waals surface area contributed by atoms with Crippen molar-refractivity contribution < 1.29 is 48.3 Å². The molecule has 0 amide bonds. The number of carbonyl (C=O) groups excluding carboxylic acids is 4. The highest BCUT2D eigenvalue weighted by molar-refractivity contribution is 5.69. The minimum absolute atomic E-state index is 0.00770. The molecule has 0 aromatic carbocycles. The Balaban J connectivity index is 3.57. The number of rotatable bonds is 32. The van der Waals surface area contributed by atoms with Gasteiger partial charge in [-0.3, -0.25) is 29.0 Å². The van der Waals surface area contributed by atoms with Crippen LogP contribution < -0.4 is 0 Å². The fraction of sp³-hybridized carbons (Fsp3) is 0.824. The molecule has 0 fully saturated rings. The Bertz CT molecular complexity index is 745. The number of hydrogen-bond acceptors (Lipinski definition) is 12. The highest BCUT2D eigenvalue weighted by Crippen LogP contribution is 2.11. The fourth-order valence-electron chi connectivity index (χ4n) is 4.67. The average molecular weight is 659 g/mol. The lowest BCUT2D eigenvalue weighted by Crippen LogP contribution is -2.34. The summed E-state index contributed by atoms with van der Waals surface area (Å²) in [5, 5.41) is 18.3. The standard InChI is InChI=1S/C34H62N2O10/c1-31(39)43-27-21-35(19-25-37)23-29-45-33(41)17-15-13-11-9-7-5-3-4-6-8-10-12-14-16-18-34(42)46-30-24-36(20-26-38)22-28-44-32(2)40/h3-4,37-38H,5-30H2,1-2H3/b4-3+. The lowest BCUT2D eigenvalue weighted by molar-refractivity contribution is -0.145. The zero-order valence-electron chi connectivity index (χ0n) is 28.6. The van der Waals surface area contributed by atoms with E-state index in [4.69, 9.17) is 29.2 Å². The predicted molar refractivity (Wildman–Crippen MR) is 176 cm³/mol. The Morgan fingerprint density at radius 2 is 0.804 bits per heavy atom. The van der Waals surface area contributed by atoms with Crippen LogP contribution in [-0.4, -0.2) is 123 Å². The van der Waals surface area contributed by atoms with Gasteiger partial charge in [0.05, 0.1) is 13.2 Å². The van der Waals surface area contributed by atoms with Gasteiger partial charge in [0, 0.05) is 66.0 Å². The SMILES string of the molecule is CC(=O)OCCN(CCO)CCOC(=O)CCCCCCC/C=C/CCCCCCCC(=O)OCCN(CCO)CCOC(C)=O. The van der Waals surface area contributed by atoms with Crippen molar-refractivity contribution in [1.82, 2.24) is 9.80 Å². The number of aliphatic hydroxyl groups is 2. The summed E-state index contributed by atoms with van der Waals surface area (Å²) in [6.07, 6.45) is 18.0. The molecule has 0 aromatic heterocycles. The van der Waals surface area contributed by atoms with E-state index in [-0.39, 0.29) is 63.5 Å². The van der Waals surface area contributed by atoms with Gasteiger partial charge >= 0.3 is 23.9 Å². The van der Waals surface area contributed by atoms with Crippen LogP contribution in [0, 0.1) is 0 Å². The second kappa shape index (κ2) is 32.4. The maximum atomic E-state index is 12.0. The maximum Gasteiger partial charge on any atom is 0.305 e. The molecule has 0 saturated carbocycles. The molecule has 0 rings (SSSR count). The molecular weight excluding hydrogens is 596 g/mol. The van der Waals surface area contributed by atoms with Crippen LogP contribution in [0.4, 0.5) is 0 Å². The van der Waals surface area contributed by atoms with Crippen molar-refractivity contribution in [3.05, 3.63) is 12.2 Å². The van der Waals surface area contributed by atoms with Gasteiger partial charge in [-0.1, -0.05) is 50.7 Å². The van der Waals surface area contributed by atoms with E-state index in [1.807, 2.05) is 9.80 Å². The first-order valence-corrected chi connectivity index (χ1v) is 17.2. The summed E-state index contributed by atoms with van der Waals surface area (Å²) in [4.78, 5) is 49.4. The summed E-state index contributed by atoms with van der Waals surface area (Å²) in [5.74, 6) is -1.07. The summed E-state index contributed by atoms with van der Waals surface area (Å²) in [6.45, 7) is 6.58. The molecule has 2 N–H and O–H groups in total. The predicted octanol–water partition coefficient (Wildman–Crippen LogP) is 3.81. The van der Waals surface area contributed by atoms with Gasteiger partial charge in [-0.05, 0) is 38.5 Å². The highest BCUT2D eigenvalue weighted by atomic mass is 16.5. The zero-order chi connectivity index (χ0) is 34.1. The molecule has 46 heavy (non-hydrogen) atoms. The van der Waals surface area contributed by atoms with Gasteiger partial charge < -0.3 is 29.2 Å². The van der Waals surface area contributed by atoms with Crippen LogP contribution in [0.15, 0.2) is 12.2 Å². The lowest BCUT2D eigenvalue weighted by atomic mass is 10.1. The van der Waals surface area contributed by atoms with Crippen LogP contribution in [0.1, 0.15) is 104 Å². The zero-order valence-corrected chi connectivity index (χ0v) is 28.6. The van der Waals surface area contributed by atoms with Gasteiger partial charge in [-0.15, -0.1) is 0 Å². The summed E-state index contributed by atoms with van der Waals surface area (Å²) >= 11 is 0. The van der Waals surface area contributed by atoms with Crippen LogP contribution in [0.25, 0.3) is 0 Å². The maximum absolute atomic E-state index is 12.0. The van der Waals surface area contributed by atoms with E-state index in [0.29, 0.717) is 52.1 Å². The number of esters is 4. The van der Waals surface area contributed by atoms with Crippen LogP contribution in [0.3, 0.4) is 0 Å².